The summed E-state index contributed by atoms with van der Waals surface area (Å²) < 4.78 is 2.32. The molecule has 1 aromatic carbocycles. The summed E-state index contributed by atoms with van der Waals surface area (Å²) >= 11 is 0. The lowest BCUT2D eigenvalue weighted by molar-refractivity contribution is -0.117. The molecule has 140 valence electrons. The van der Waals surface area contributed by atoms with E-state index in [0.717, 1.165) is 30.5 Å². The number of aromatic nitrogens is 1. The number of hydrogen-bond acceptors (Lipinski definition) is 2. The molecule has 0 bridgehead atoms. The van der Waals surface area contributed by atoms with Gasteiger partial charge < -0.3 is 9.88 Å². The molecule has 3 rings (SSSR count). The summed E-state index contributed by atoms with van der Waals surface area (Å²) in [6.45, 7) is 4.74. The summed E-state index contributed by atoms with van der Waals surface area (Å²) in [7, 11) is 0. The van der Waals surface area contributed by atoms with Crippen molar-refractivity contribution in [3.8, 4) is 6.07 Å². The molecule has 0 radical (unpaired) electrons. The summed E-state index contributed by atoms with van der Waals surface area (Å²) in [6, 6.07) is 15.1. The van der Waals surface area contributed by atoms with E-state index in [1.54, 1.807) is 6.08 Å². The molecular formula is C23H27N3O. The van der Waals surface area contributed by atoms with E-state index >= 15 is 0 Å². The number of nitrogens with one attached hydrogen (secondary N) is 1. The highest BCUT2D eigenvalue weighted by Crippen LogP contribution is 2.38. The number of aryl methyl sites for hydroxylation is 2. The van der Waals surface area contributed by atoms with Crippen LogP contribution in [0, 0.1) is 25.2 Å². The largest absolute Gasteiger partial charge is 0.351 e. The lowest BCUT2D eigenvalue weighted by Gasteiger charge is -2.07. The molecule has 1 N–H and O–H groups in total. The van der Waals surface area contributed by atoms with Crippen LogP contribution in [0.15, 0.2) is 42.0 Å². The van der Waals surface area contributed by atoms with Crippen LogP contribution in [0.2, 0.25) is 0 Å². The van der Waals surface area contributed by atoms with Crippen LogP contribution in [0.25, 0.3) is 6.08 Å². The van der Waals surface area contributed by atoms with Crippen molar-refractivity contribution in [2.75, 3.05) is 6.54 Å². The maximum Gasteiger partial charge on any atom is 0.261 e. The number of benzene rings is 1. The number of carbonyl (C=O) groups is 1. The molecule has 1 amide bonds. The van der Waals surface area contributed by atoms with Crippen molar-refractivity contribution in [3.63, 3.8) is 0 Å². The van der Waals surface area contributed by atoms with E-state index in [2.05, 4.69) is 48.0 Å². The van der Waals surface area contributed by atoms with Crippen LogP contribution < -0.4 is 5.32 Å². The van der Waals surface area contributed by atoms with Crippen molar-refractivity contribution in [3.05, 3.63) is 64.5 Å². The van der Waals surface area contributed by atoms with Gasteiger partial charge >= 0.3 is 0 Å². The molecule has 1 aliphatic rings. The number of amides is 1. The number of unbranched alkanes of at least 4 members (excludes halogenated alkanes) is 1. The Balaban J connectivity index is 1.53. The van der Waals surface area contributed by atoms with Crippen molar-refractivity contribution >= 4 is 12.0 Å². The summed E-state index contributed by atoms with van der Waals surface area (Å²) in [5.41, 5.74) is 4.79. The van der Waals surface area contributed by atoms with Crippen molar-refractivity contribution in [2.45, 2.75) is 52.0 Å². The van der Waals surface area contributed by atoms with Crippen molar-refractivity contribution in [1.82, 2.24) is 9.88 Å². The second-order valence-corrected chi connectivity index (χ2v) is 7.30. The lowest BCUT2D eigenvalue weighted by Crippen LogP contribution is -2.25. The molecule has 1 aliphatic carbocycles. The van der Waals surface area contributed by atoms with Crippen molar-refractivity contribution < 1.29 is 4.79 Å². The molecule has 1 aromatic heterocycles. The fourth-order valence-electron chi connectivity index (χ4n) is 3.54. The highest BCUT2D eigenvalue weighted by atomic mass is 16.1. The fourth-order valence-corrected chi connectivity index (χ4v) is 3.54. The molecule has 0 aliphatic heterocycles. The standard InChI is InChI=1S/C23H27N3O/c1-17-14-20(18(2)26(17)22-11-12-22)15-21(16-24)23(27)25-13-7-6-10-19-8-4-3-5-9-19/h3-5,8-9,14-15,22H,6-7,10-13H2,1-2H3,(H,25,27)/b21-15+. The molecule has 1 fully saturated rings. The molecule has 0 spiro atoms. The van der Waals surface area contributed by atoms with Crippen LogP contribution >= 0.6 is 0 Å². The van der Waals surface area contributed by atoms with E-state index in [9.17, 15) is 10.1 Å². The molecule has 1 saturated carbocycles. The van der Waals surface area contributed by atoms with E-state index < -0.39 is 0 Å². The third kappa shape index (κ3) is 4.89. The zero-order valence-electron chi connectivity index (χ0n) is 16.2. The first kappa shape index (κ1) is 19.0. The Morgan fingerprint density at radius 3 is 2.67 bits per heavy atom. The Morgan fingerprint density at radius 2 is 2.00 bits per heavy atom. The first-order chi connectivity index (χ1) is 13.1. The number of nitriles is 1. The predicted octanol–water partition coefficient (Wildman–Crippen LogP) is 4.49. The van der Waals surface area contributed by atoms with Gasteiger partial charge in [-0.3, -0.25) is 4.79 Å². The number of hydrogen-bond donors (Lipinski definition) is 1. The highest BCUT2D eigenvalue weighted by molar-refractivity contribution is 6.01. The molecule has 27 heavy (non-hydrogen) atoms. The minimum absolute atomic E-state index is 0.175. The maximum atomic E-state index is 12.4. The SMILES string of the molecule is Cc1cc(/C=C(\C#N)C(=O)NCCCCc2ccccc2)c(C)n1C1CC1. The van der Waals surface area contributed by atoms with E-state index in [1.165, 1.54) is 24.1 Å². The van der Waals surface area contributed by atoms with Crippen LogP contribution in [0.5, 0.6) is 0 Å². The Morgan fingerprint density at radius 1 is 1.26 bits per heavy atom. The third-order valence-corrected chi connectivity index (χ3v) is 5.12. The summed E-state index contributed by atoms with van der Waals surface area (Å²) in [5.74, 6) is -0.284. The van der Waals surface area contributed by atoms with Gasteiger partial charge in [0, 0.05) is 24.0 Å². The molecule has 2 aromatic rings. The molecular weight excluding hydrogens is 334 g/mol. The zero-order chi connectivity index (χ0) is 19.2. The van der Waals surface area contributed by atoms with Gasteiger partial charge in [0.1, 0.15) is 11.6 Å². The average molecular weight is 361 g/mol. The van der Waals surface area contributed by atoms with Gasteiger partial charge in [-0.05, 0) is 69.2 Å². The van der Waals surface area contributed by atoms with E-state index in [4.69, 9.17) is 0 Å². The molecule has 4 nitrogen and oxygen atoms in total. The van der Waals surface area contributed by atoms with Crippen LogP contribution in [0.1, 0.15) is 54.2 Å². The average Bonchev–Trinajstić information content (AvgIpc) is 3.46. The summed E-state index contributed by atoms with van der Waals surface area (Å²) in [6.07, 6.45) is 7.07. The fraction of sp³-hybridized carbons (Fsp3) is 0.391. The lowest BCUT2D eigenvalue weighted by atomic mass is 10.1. The predicted molar refractivity (Wildman–Crippen MR) is 108 cm³/mol. The number of rotatable bonds is 8. The maximum absolute atomic E-state index is 12.4. The molecule has 0 unspecified atom stereocenters. The normalized spacial score (nSPS) is 14.0. The van der Waals surface area contributed by atoms with Gasteiger partial charge in [-0.2, -0.15) is 5.26 Å². The van der Waals surface area contributed by atoms with Crippen molar-refractivity contribution in [2.24, 2.45) is 0 Å². The summed E-state index contributed by atoms with van der Waals surface area (Å²) in [4.78, 5) is 12.4. The number of nitrogens with zero attached hydrogens (tertiary/aromatic N) is 2. The minimum Gasteiger partial charge on any atom is -0.351 e. The monoisotopic (exact) mass is 361 g/mol. The second-order valence-electron chi connectivity index (χ2n) is 7.30. The smallest absolute Gasteiger partial charge is 0.261 e. The topological polar surface area (TPSA) is 57.8 Å². The van der Waals surface area contributed by atoms with Gasteiger partial charge in [-0.1, -0.05) is 30.3 Å². The van der Waals surface area contributed by atoms with E-state index in [-0.39, 0.29) is 11.5 Å². The van der Waals surface area contributed by atoms with E-state index in [0.29, 0.717) is 12.6 Å². The van der Waals surface area contributed by atoms with Gasteiger partial charge in [0.15, 0.2) is 0 Å². The Bertz CT molecular complexity index is 867. The van der Waals surface area contributed by atoms with Crippen LogP contribution in [0.3, 0.4) is 0 Å². The first-order valence-electron chi connectivity index (χ1n) is 9.72. The summed E-state index contributed by atoms with van der Waals surface area (Å²) in [5, 5.41) is 12.3. The van der Waals surface area contributed by atoms with Gasteiger partial charge in [-0.15, -0.1) is 0 Å². The van der Waals surface area contributed by atoms with Gasteiger partial charge in [0.2, 0.25) is 0 Å². The van der Waals surface area contributed by atoms with Crippen LogP contribution in [-0.4, -0.2) is 17.0 Å². The highest BCUT2D eigenvalue weighted by Gasteiger charge is 2.26. The second kappa shape index (κ2) is 8.73. The van der Waals surface area contributed by atoms with Gasteiger partial charge in [0.05, 0.1) is 0 Å². The Labute approximate surface area is 161 Å². The van der Waals surface area contributed by atoms with Crippen LogP contribution in [0.4, 0.5) is 0 Å². The molecule has 0 atom stereocenters. The number of carbonyl (C=O) groups excluding carboxylic acids is 1. The van der Waals surface area contributed by atoms with Crippen LogP contribution in [-0.2, 0) is 11.2 Å². The zero-order valence-corrected chi connectivity index (χ0v) is 16.2. The third-order valence-electron chi connectivity index (χ3n) is 5.12. The van der Waals surface area contributed by atoms with Gasteiger partial charge in [0.25, 0.3) is 5.91 Å². The molecule has 1 heterocycles. The molecule has 4 heteroatoms. The van der Waals surface area contributed by atoms with E-state index in [1.807, 2.05) is 18.2 Å². The quantitative estimate of drug-likeness (QED) is 0.428. The van der Waals surface area contributed by atoms with Gasteiger partial charge in [-0.25, -0.2) is 0 Å². The van der Waals surface area contributed by atoms with Crippen molar-refractivity contribution in [1.29, 1.82) is 5.26 Å². The minimum atomic E-state index is -0.284. The first-order valence-corrected chi connectivity index (χ1v) is 9.72. The Kier molecular flexibility index (Phi) is 6.13. The Hall–Kier alpha value is -2.80. The molecule has 0 saturated heterocycles.